The van der Waals surface area contributed by atoms with E-state index in [1.54, 1.807) is 12.3 Å². The van der Waals surface area contributed by atoms with Gasteiger partial charge in [0.2, 0.25) is 5.91 Å². The maximum atomic E-state index is 12.3. The summed E-state index contributed by atoms with van der Waals surface area (Å²) in [5, 5.41) is 12.2. The van der Waals surface area contributed by atoms with Crippen molar-refractivity contribution in [1.82, 2.24) is 14.8 Å². The van der Waals surface area contributed by atoms with Crippen molar-refractivity contribution in [2.45, 2.75) is 19.4 Å². The molecule has 1 amide bonds. The zero-order chi connectivity index (χ0) is 14.5. The number of nitrogens with zero attached hydrogens (tertiary/aromatic N) is 2. The first kappa shape index (κ1) is 14.6. The number of aromatic nitrogens is 1. The number of carboxylic acids is 1. The van der Waals surface area contributed by atoms with E-state index in [4.69, 9.17) is 5.11 Å². The normalized spacial score (nSPS) is 19.1. The van der Waals surface area contributed by atoms with E-state index in [2.05, 4.69) is 5.32 Å². The molecule has 1 fully saturated rings. The Morgan fingerprint density at radius 1 is 1.50 bits per heavy atom. The van der Waals surface area contributed by atoms with Crippen LogP contribution in [-0.2, 0) is 11.3 Å². The van der Waals surface area contributed by atoms with Gasteiger partial charge in [-0.3, -0.25) is 4.79 Å². The van der Waals surface area contributed by atoms with Crippen LogP contribution >= 0.6 is 0 Å². The Morgan fingerprint density at radius 2 is 2.30 bits per heavy atom. The van der Waals surface area contributed by atoms with Crippen molar-refractivity contribution in [3.8, 4) is 0 Å². The van der Waals surface area contributed by atoms with Crippen LogP contribution in [0.1, 0.15) is 23.3 Å². The third kappa shape index (κ3) is 3.39. The Bertz CT molecular complexity index is 482. The Balaban J connectivity index is 1.97. The van der Waals surface area contributed by atoms with Crippen molar-refractivity contribution < 1.29 is 14.7 Å². The lowest BCUT2D eigenvalue weighted by molar-refractivity contribution is -0.133. The van der Waals surface area contributed by atoms with Crippen molar-refractivity contribution in [3.05, 3.63) is 24.0 Å². The molecular formula is C14H21N3O3. The molecule has 110 valence electrons. The van der Waals surface area contributed by atoms with Crippen molar-refractivity contribution >= 4 is 11.9 Å². The third-order valence-electron chi connectivity index (χ3n) is 3.72. The van der Waals surface area contributed by atoms with Gasteiger partial charge in [-0.2, -0.15) is 0 Å². The first-order valence-corrected chi connectivity index (χ1v) is 6.92. The molecule has 0 bridgehead atoms. The molecule has 20 heavy (non-hydrogen) atoms. The first-order valence-electron chi connectivity index (χ1n) is 6.92. The van der Waals surface area contributed by atoms with E-state index < -0.39 is 5.97 Å². The van der Waals surface area contributed by atoms with Crippen LogP contribution in [0.4, 0.5) is 0 Å². The smallest absolute Gasteiger partial charge is 0.352 e. The van der Waals surface area contributed by atoms with Crippen molar-refractivity contribution in [2.24, 2.45) is 5.92 Å². The minimum atomic E-state index is -1.01. The van der Waals surface area contributed by atoms with Gasteiger partial charge in [0.25, 0.3) is 0 Å². The van der Waals surface area contributed by atoms with Crippen molar-refractivity contribution in [3.63, 3.8) is 0 Å². The summed E-state index contributed by atoms with van der Waals surface area (Å²) in [6.07, 6.45) is 3.78. The second-order valence-corrected chi connectivity index (χ2v) is 5.23. The molecule has 6 heteroatoms. The summed E-state index contributed by atoms with van der Waals surface area (Å²) in [5.74, 6) is -0.527. The van der Waals surface area contributed by atoms with Gasteiger partial charge in [0.1, 0.15) is 12.2 Å². The first-order chi connectivity index (χ1) is 9.61. The van der Waals surface area contributed by atoms with Crippen LogP contribution in [0.25, 0.3) is 0 Å². The van der Waals surface area contributed by atoms with Gasteiger partial charge in [-0.25, -0.2) is 4.79 Å². The molecule has 2 heterocycles. The van der Waals surface area contributed by atoms with Gasteiger partial charge < -0.3 is 19.9 Å². The molecular weight excluding hydrogens is 258 g/mol. The lowest BCUT2D eigenvalue weighted by Gasteiger charge is -2.33. The van der Waals surface area contributed by atoms with Crippen molar-refractivity contribution in [2.75, 3.05) is 26.7 Å². The van der Waals surface area contributed by atoms with Crippen LogP contribution in [0.2, 0.25) is 0 Å². The van der Waals surface area contributed by atoms with Crippen LogP contribution < -0.4 is 5.32 Å². The molecule has 1 saturated heterocycles. The fourth-order valence-corrected chi connectivity index (χ4v) is 2.74. The Kier molecular flexibility index (Phi) is 4.79. The zero-order valence-corrected chi connectivity index (χ0v) is 11.7. The molecule has 1 unspecified atom stereocenters. The number of amides is 1. The van der Waals surface area contributed by atoms with E-state index in [0.29, 0.717) is 5.92 Å². The molecule has 0 radical (unpaired) electrons. The molecule has 0 spiro atoms. The van der Waals surface area contributed by atoms with E-state index in [1.807, 2.05) is 11.9 Å². The average molecular weight is 279 g/mol. The number of aromatic carboxylic acids is 1. The molecule has 0 aromatic carbocycles. The molecule has 1 aliphatic heterocycles. The van der Waals surface area contributed by atoms with Gasteiger partial charge in [-0.05, 0) is 44.5 Å². The highest BCUT2D eigenvalue weighted by atomic mass is 16.4. The molecule has 2 rings (SSSR count). The number of nitrogens with one attached hydrogen (secondary N) is 1. The predicted octanol–water partition coefficient (Wildman–Crippen LogP) is 0.644. The highest BCUT2D eigenvalue weighted by molar-refractivity contribution is 5.86. The molecule has 1 aliphatic rings. The average Bonchev–Trinajstić information content (AvgIpc) is 2.88. The maximum Gasteiger partial charge on any atom is 0.352 e. The van der Waals surface area contributed by atoms with Gasteiger partial charge >= 0.3 is 5.97 Å². The molecule has 0 aliphatic carbocycles. The van der Waals surface area contributed by atoms with E-state index in [9.17, 15) is 9.59 Å². The largest absolute Gasteiger partial charge is 0.477 e. The molecule has 1 atom stereocenters. The van der Waals surface area contributed by atoms with Gasteiger partial charge in [-0.15, -0.1) is 0 Å². The number of carbonyl (C=O) groups is 2. The monoisotopic (exact) mass is 279 g/mol. The number of carboxylic acid groups (broad SMARTS) is 1. The topological polar surface area (TPSA) is 74.6 Å². The van der Waals surface area contributed by atoms with Gasteiger partial charge in [0.15, 0.2) is 0 Å². The third-order valence-corrected chi connectivity index (χ3v) is 3.72. The summed E-state index contributed by atoms with van der Waals surface area (Å²) in [4.78, 5) is 25.2. The van der Waals surface area contributed by atoms with Crippen LogP contribution in [0.5, 0.6) is 0 Å². The second kappa shape index (κ2) is 6.56. The summed E-state index contributed by atoms with van der Waals surface area (Å²) >= 11 is 0. The number of piperidine rings is 1. The predicted molar refractivity (Wildman–Crippen MR) is 74.6 cm³/mol. The Hall–Kier alpha value is -1.82. The Labute approximate surface area is 118 Å². The highest BCUT2D eigenvalue weighted by Gasteiger charge is 2.24. The summed E-state index contributed by atoms with van der Waals surface area (Å²) in [6, 6.07) is 3.16. The minimum absolute atomic E-state index is 0.00972. The van der Waals surface area contributed by atoms with Crippen LogP contribution in [0.15, 0.2) is 18.3 Å². The number of likely N-dealkylation sites (tertiary alicyclic amines) is 1. The summed E-state index contributed by atoms with van der Waals surface area (Å²) in [7, 11) is 1.92. The molecule has 6 nitrogen and oxygen atoms in total. The second-order valence-electron chi connectivity index (χ2n) is 5.23. The minimum Gasteiger partial charge on any atom is -0.477 e. The number of carbonyl (C=O) groups excluding carboxylic acids is 1. The van der Waals surface area contributed by atoms with E-state index >= 15 is 0 Å². The van der Waals surface area contributed by atoms with Crippen LogP contribution in [0, 0.1) is 5.92 Å². The molecule has 2 N–H and O–H groups in total. The molecule has 1 aromatic heterocycles. The summed E-state index contributed by atoms with van der Waals surface area (Å²) < 4.78 is 1.49. The number of rotatable bonds is 5. The van der Waals surface area contributed by atoms with E-state index in [1.165, 1.54) is 10.6 Å². The van der Waals surface area contributed by atoms with E-state index in [0.717, 1.165) is 32.5 Å². The fraction of sp³-hybridized carbons (Fsp3) is 0.571. The molecule has 0 saturated carbocycles. The Morgan fingerprint density at radius 3 is 3.00 bits per heavy atom. The zero-order valence-electron chi connectivity index (χ0n) is 11.7. The standard InChI is InChI=1S/C14H21N3O3/c1-15-8-11-4-2-7-17(9-11)13(18)10-16-6-3-5-12(16)14(19)20/h3,5-6,11,15H,2,4,7-10H2,1H3,(H,19,20). The molecule has 1 aromatic rings. The van der Waals surface area contributed by atoms with Crippen LogP contribution in [0.3, 0.4) is 0 Å². The lowest BCUT2D eigenvalue weighted by Crippen LogP contribution is -2.43. The van der Waals surface area contributed by atoms with Crippen LogP contribution in [-0.4, -0.2) is 53.1 Å². The highest BCUT2D eigenvalue weighted by Crippen LogP contribution is 2.16. The summed E-state index contributed by atoms with van der Waals surface area (Å²) in [6.45, 7) is 2.53. The van der Waals surface area contributed by atoms with Gasteiger partial charge in [0.05, 0.1) is 0 Å². The SMILES string of the molecule is CNCC1CCCN(C(=O)Cn2cccc2C(=O)O)C1. The van der Waals surface area contributed by atoms with Gasteiger partial charge in [0, 0.05) is 19.3 Å². The van der Waals surface area contributed by atoms with E-state index in [-0.39, 0.29) is 18.1 Å². The quantitative estimate of drug-likeness (QED) is 0.829. The number of hydrogen-bond donors (Lipinski definition) is 2. The summed E-state index contributed by atoms with van der Waals surface area (Å²) in [5.41, 5.74) is 0.155. The fourth-order valence-electron chi connectivity index (χ4n) is 2.74. The lowest BCUT2D eigenvalue weighted by atomic mass is 9.98. The maximum absolute atomic E-state index is 12.3. The van der Waals surface area contributed by atoms with Gasteiger partial charge in [-0.1, -0.05) is 0 Å². The number of hydrogen-bond acceptors (Lipinski definition) is 3. The van der Waals surface area contributed by atoms with Crippen molar-refractivity contribution in [1.29, 1.82) is 0 Å².